The molecule has 5 nitrogen and oxygen atoms in total. The number of carbonyl (C=O) groups excluding carboxylic acids is 2. The quantitative estimate of drug-likeness (QED) is 0.556. The van der Waals surface area contributed by atoms with Gasteiger partial charge in [-0.25, -0.2) is 0 Å². The standard InChI is InChI=1S/C25H35N3O2/c1-4-15-28(16-5-2)19-25(30)27-23-13-11-22(12-14-23)18-24(29)26-20(3)17-21-9-7-6-8-10-21/h6-14,20H,4-5,15-19H2,1-3H3,(H,26,29)(H,27,30)/t20-/m0/s1. The fraction of sp³-hybridized carbons (Fsp3) is 0.440. The van der Waals surface area contributed by atoms with Crippen LogP contribution in [-0.4, -0.2) is 42.4 Å². The molecule has 0 aliphatic rings. The first-order valence-electron chi connectivity index (χ1n) is 10.9. The summed E-state index contributed by atoms with van der Waals surface area (Å²) in [5, 5.41) is 6.00. The van der Waals surface area contributed by atoms with E-state index in [-0.39, 0.29) is 17.9 Å². The van der Waals surface area contributed by atoms with Gasteiger partial charge in [0.05, 0.1) is 13.0 Å². The SMILES string of the molecule is CCCN(CCC)CC(=O)Nc1ccc(CC(=O)N[C@@H](C)Cc2ccccc2)cc1. The summed E-state index contributed by atoms with van der Waals surface area (Å²) in [6, 6.07) is 17.7. The molecule has 0 saturated carbocycles. The van der Waals surface area contributed by atoms with Gasteiger partial charge in [-0.05, 0) is 62.5 Å². The van der Waals surface area contributed by atoms with Crippen LogP contribution in [0.25, 0.3) is 0 Å². The molecule has 0 radical (unpaired) electrons. The third kappa shape index (κ3) is 8.78. The lowest BCUT2D eigenvalue weighted by Gasteiger charge is -2.20. The smallest absolute Gasteiger partial charge is 0.238 e. The van der Waals surface area contributed by atoms with E-state index in [4.69, 9.17) is 0 Å². The highest BCUT2D eigenvalue weighted by Gasteiger charge is 2.11. The van der Waals surface area contributed by atoms with Crippen molar-refractivity contribution in [3.63, 3.8) is 0 Å². The summed E-state index contributed by atoms with van der Waals surface area (Å²) in [7, 11) is 0. The molecule has 2 rings (SSSR count). The first-order chi connectivity index (χ1) is 14.5. The average Bonchev–Trinajstić information content (AvgIpc) is 2.70. The number of amides is 2. The molecular formula is C25H35N3O2. The second-order valence-corrected chi connectivity index (χ2v) is 7.86. The molecule has 0 spiro atoms. The van der Waals surface area contributed by atoms with E-state index in [1.165, 1.54) is 5.56 Å². The van der Waals surface area contributed by atoms with Crippen molar-refractivity contribution in [2.75, 3.05) is 25.0 Å². The molecule has 5 heteroatoms. The predicted octanol–water partition coefficient (Wildman–Crippen LogP) is 4.04. The summed E-state index contributed by atoms with van der Waals surface area (Å²) in [5.74, 6) is 0.00196. The Bertz CT molecular complexity index is 769. The average molecular weight is 410 g/mol. The number of carbonyl (C=O) groups is 2. The van der Waals surface area contributed by atoms with E-state index in [9.17, 15) is 9.59 Å². The van der Waals surface area contributed by atoms with Crippen LogP contribution in [0.5, 0.6) is 0 Å². The lowest BCUT2D eigenvalue weighted by molar-refractivity contribution is -0.121. The minimum Gasteiger partial charge on any atom is -0.353 e. The van der Waals surface area contributed by atoms with Gasteiger partial charge < -0.3 is 10.6 Å². The number of rotatable bonds is 12. The van der Waals surface area contributed by atoms with Gasteiger partial charge in [0.15, 0.2) is 0 Å². The Labute approximate surface area is 180 Å². The molecule has 0 aliphatic carbocycles. The van der Waals surface area contributed by atoms with Crippen LogP contribution in [0.3, 0.4) is 0 Å². The van der Waals surface area contributed by atoms with Crippen LogP contribution in [0.1, 0.15) is 44.7 Å². The molecular weight excluding hydrogens is 374 g/mol. The van der Waals surface area contributed by atoms with Gasteiger partial charge in [0, 0.05) is 11.7 Å². The van der Waals surface area contributed by atoms with Crippen LogP contribution >= 0.6 is 0 Å². The molecule has 0 unspecified atom stereocenters. The molecule has 0 saturated heterocycles. The summed E-state index contributed by atoms with van der Waals surface area (Å²) >= 11 is 0. The van der Waals surface area contributed by atoms with E-state index in [1.807, 2.05) is 49.4 Å². The summed E-state index contributed by atoms with van der Waals surface area (Å²) < 4.78 is 0. The fourth-order valence-electron chi connectivity index (χ4n) is 3.54. The molecule has 0 aliphatic heterocycles. The highest BCUT2D eigenvalue weighted by atomic mass is 16.2. The van der Waals surface area contributed by atoms with Crippen molar-refractivity contribution in [2.45, 2.75) is 52.5 Å². The molecule has 30 heavy (non-hydrogen) atoms. The highest BCUT2D eigenvalue weighted by Crippen LogP contribution is 2.11. The maximum Gasteiger partial charge on any atom is 0.238 e. The number of nitrogens with one attached hydrogen (secondary N) is 2. The number of benzene rings is 2. The first kappa shape index (κ1) is 23.6. The molecule has 2 aromatic rings. The highest BCUT2D eigenvalue weighted by molar-refractivity contribution is 5.92. The van der Waals surface area contributed by atoms with E-state index in [1.54, 1.807) is 0 Å². The Morgan fingerprint density at radius 2 is 1.50 bits per heavy atom. The van der Waals surface area contributed by atoms with E-state index >= 15 is 0 Å². The Morgan fingerprint density at radius 1 is 0.867 bits per heavy atom. The van der Waals surface area contributed by atoms with Crippen molar-refractivity contribution in [2.24, 2.45) is 0 Å². The molecule has 1 atom stereocenters. The Morgan fingerprint density at radius 3 is 2.10 bits per heavy atom. The molecule has 0 aromatic heterocycles. The van der Waals surface area contributed by atoms with Gasteiger partial charge in [0.25, 0.3) is 0 Å². The Hall–Kier alpha value is -2.66. The maximum absolute atomic E-state index is 12.3. The fourth-order valence-corrected chi connectivity index (χ4v) is 3.54. The van der Waals surface area contributed by atoms with E-state index in [0.717, 1.165) is 43.6 Å². The summed E-state index contributed by atoms with van der Waals surface area (Å²) in [4.78, 5) is 26.8. The zero-order chi connectivity index (χ0) is 21.8. The van der Waals surface area contributed by atoms with Crippen LogP contribution in [-0.2, 0) is 22.4 Å². The predicted molar refractivity (Wildman–Crippen MR) is 124 cm³/mol. The number of hydrogen-bond acceptors (Lipinski definition) is 3. The molecule has 2 N–H and O–H groups in total. The lowest BCUT2D eigenvalue weighted by Crippen LogP contribution is -2.35. The van der Waals surface area contributed by atoms with Gasteiger partial charge in [0.2, 0.25) is 11.8 Å². The summed E-state index contributed by atoms with van der Waals surface area (Å²) in [5.41, 5.74) is 2.90. The molecule has 0 bridgehead atoms. The van der Waals surface area contributed by atoms with Crippen molar-refractivity contribution in [3.05, 3.63) is 65.7 Å². The molecule has 162 valence electrons. The van der Waals surface area contributed by atoms with Gasteiger partial charge in [-0.3, -0.25) is 14.5 Å². The first-order valence-corrected chi connectivity index (χ1v) is 10.9. The molecule has 0 heterocycles. The van der Waals surface area contributed by atoms with Gasteiger partial charge in [-0.15, -0.1) is 0 Å². The van der Waals surface area contributed by atoms with E-state index < -0.39 is 0 Å². The van der Waals surface area contributed by atoms with Crippen molar-refractivity contribution >= 4 is 17.5 Å². The molecule has 2 aromatic carbocycles. The summed E-state index contributed by atoms with van der Waals surface area (Å²) in [6.45, 7) is 8.53. The van der Waals surface area contributed by atoms with Crippen LogP contribution in [0.4, 0.5) is 5.69 Å². The summed E-state index contributed by atoms with van der Waals surface area (Å²) in [6.07, 6.45) is 3.21. The van der Waals surface area contributed by atoms with Crippen molar-refractivity contribution in [1.82, 2.24) is 10.2 Å². The van der Waals surface area contributed by atoms with Crippen LogP contribution in [0.15, 0.2) is 54.6 Å². The minimum absolute atomic E-state index is 0.00266. The second kappa shape index (κ2) is 12.8. The Kier molecular flexibility index (Phi) is 10.1. The zero-order valence-corrected chi connectivity index (χ0v) is 18.5. The Balaban J connectivity index is 1.79. The van der Waals surface area contributed by atoms with Crippen molar-refractivity contribution in [3.8, 4) is 0 Å². The van der Waals surface area contributed by atoms with Gasteiger partial charge >= 0.3 is 0 Å². The largest absolute Gasteiger partial charge is 0.353 e. The minimum atomic E-state index is -0.00266. The van der Waals surface area contributed by atoms with Gasteiger partial charge in [0.1, 0.15) is 0 Å². The van der Waals surface area contributed by atoms with Crippen molar-refractivity contribution < 1.29 is 9.59 Å². The second-order valence-electron chi connectivity index (χ2n) is 7.86. The van der Waals surface area contributed by atoms with Gasteiger partial charge in [-0.2, -0.15) is 0 Å². The topological polar surface area (TPSA) is 61.4 Å². The molecule has 0 fully saturated rings. The lowest BCUT2D eigenvalue weighted by atomic mass is 10.1. The van der Waals surface area contributed by atoms with E-state index in [0.29, 0.717) is 13.0 Å². The third-order valence-corrected chi connectivity index (χ3v) is 4.84. The maximum atomic E-state index is 12.3. The molecule has 2 amide bonds. The monoisotopic (exact) mass is 409 g/mol. The van der Waals surface area contributed by atoms with E-state index in [2.05, 4.69) is 41.5 Å². The number of hydrogen-bond donors (Lipinski definition) is 2. The van der Waals surface area contributed by atoms with Crippen molar-refractivity contribution in [1.29, 1.82) is 0 Å². The number of nitrogens with zero attached hydrogens (tertiary/aromatic N) is 1. The van der Waals surface area contributed by atoms with Gasteiger partial charge in [-0.1, -0.05) is 56.3 Å². The van der Waals surface area contributed by atoms with Crippen LogP contribution in [0.2, 0.25) is 0 Å². The van der Waals surface area contributed by atoms with Crippen LogP contribution < -0.4 is 10.6 Å². The van der Waals surface area contributed by atoms with Crippen LogP contribution in [0, 0.1) is 0 Å². The third-order valence-electron chi connectivity index (χ3n) is 4.84. The normalized spacial score (nSPS) is 11.9. The zero-order valence-electron chi connectivity index (χ0n) is 18.5. The number of anilines is 1.